The van der Waals surface area contributed by atoms with E-state index in [1.165, 1.54) is 66.1 Å². The first-order valence-corrected chi connectivity index (χ1v) is 17.8. The summed E-state index contributed by atoms with van der Waals surface area (Å²) in [5.41, 5.74) is 17.2. The number of hydrogen-bond acceptors (Lipinski definition) is 2. The second-order valence-electron chi connectivity index (χ2n) is 15.2. The molecule has 52 heavy (non-hydrogen) atoms. The molecular weight excluding hydrogens is 637 g/mol. The van der Waals surface area contributed by atoms with Gasteiger partial charge >= 0.3 is 0 Å². The van der Waals surface area contributed by atoms with Crippen LogP contribution in [0.3, 0.4) is 0 Å². The molecule has 2 aliphatic carbocycles. The number of fused-ring (bicyclic) bond motifs is 6. The van der Waals surface area contributed by atoms with Gasteiger partial charge in [0.1, 0.15) is 0 Å². The monoisotopic (exact) mass is 674 g/mol. The highest BCUT2D eigenvalue weighted by Crippen LogP contribution is 2.50. The number of anilines is 1. The minimum atomic E-state index is -0.371. The molecule has 0 radical (unpaired) electrons. The zero-order valence-electron chi connectivity index (χ0n) is 29.7. The van der Waals surface area contributed by atoms with Crippen molar-refractivity contribution < 1.29 is 9.59 Å². The van der Waals surface area contributed by atoms with E-state index in [0.29, 0.717) is 11.1 Å². The van der Waals surface area contributed by atoms with E-state index in [9.17, 15) is 9.59 Å². The fourth-order valence-corrected chi connectivity index (χ4v) is 8.76. The standard InChI is InChI=1S/C32H23NO.C16H15NO/c1-32(2)26-12-4-3-10-23(26)24-16-15-22(17-27(24)32)31(34)33-28-18-21-9-5-7-19-13-14-20-8-6-11-25(28)30(20)29(19)21;1-16(2)13-6-4-3-5-11(13)12-8-7-10(15(17)18)9-14(12)16/h3-18H,1-2H3,(H,33,34);3-9H,1-2H3,(H2,17,18). The third-order valence-electron chi connectivity index (χ3n) is 11.5. The third kappa shape index (κ3) is 4.67. The maximum Gasteiger partial charge on any atom is 0.255 e. The third-order valence-corrected chi connectivity index (χ3v) is 11.5. The number of hydrogen-bond donors (Lipinski definition) is 2. The first-order valence-electron chi connectivity index (χ1n) is 17.8. The lowest BCUT2D eigenvalue weighted by atomic mass is 9.82. The average molecular weight is 675 g/mol. The predicted octanol–water partition coefficient (Wildman–Crippen LogP) is 11.2. The fraction of sp³-hybridized carbons (Fsp3) is 0.125. The van der Waals surface area contributed by atoms with Gasteiger partial charge < -0.3 is 11.1 Å². The van der Waals surface area contributed by atoms with Gasteiger partial charge in [-0.05, 0) is 102 Å². The van der Waals surface area contributed by atoms with Gasteiger partial charge in [0.05, 0.1) is 0 Å². The Bertz CT molecular complexity index is 2770. The van der Waals surface area contributed by atoms with Crippen molar-refractivity contribution in [3.8, 4) is 22.3 Å². The van der Waals surface area contributed by atoms with Gasteiger partial charge in [0, 0.05) is 33.0 Å². The quantitative estimate of drug-likeness (QED) is 0.183. The summed E-state index contributed by atoms with van der Waals surface area (Å²) in [5.74, 6) is -0.450. The average Bonchev–Trinajstić information content (AvgIpc) is 3.53. The lowest BCUT2D eigenvalue weighted by Crippen LogP contribution is -2.17. The van der Waals surface area contributed by atoms with E-state index in [0.717, 1.165) is 16.5 Å². The van der Waals surface area contributed by atoms with Crippen LogP contribution in [-0.2, 0) is 10.8 Å². The molecule has 4 heteroatoms. The summed E-state index contributed by atoms with van der Waals surface area (Å²) in [6, 6.07) is 47.9. The van der Waals surface area contributed by atoms with Gasteiger partial charge in [0.2, 0.25) is 5.91 Å². The summed E-state index contributed by atoms with van der Waals surface area (Å²) in [6.45, 7) is 8.84. The van der Waals surface area contributed by atoms with Gasteiger partial charge in [-0.2, -0.15) is 0 Å². The molecule has 0 saturated heterocycles. The SMILES string of the molecule is CC1(C)c2ccccc2-c2ccc(C(=O)Nc3cc4cccc5ccc6cccc3c6c54)cc21.CC1(C)c2ccccc2-c2ccc(C(N)=O)cc21. The first kappa shape index (κ1) is 31.7. The number of benzene rings is 8. The Balaban J connectivity index is 0.000000169. The molecule has 0 bridgehead atoms. The summed E-state index contributed by atoms with van der Waals surface area (Å²) in [6.07, 6.45) is 0. The molecule has 8 aromatic carbocycles. The maximum absolute atomic E-state index is 13.5. The van der Waals surface area contributed by atoms with E-state index < -0.39 is 0 Å². The van der Waals surface area contributed by atoms with Crippen LogP contribution in [0.25, 0.3) is 54.6 Å². The second-order valence-corrected chi connectivity index (χ2v) is 15.2. The van der Waals surface area contributed by atoms with Crippen molar-refractivity contribution in [2.24, 2.45) is 5.73 Å². The van der Waals surface area contributed by atoms with Crippen molar-refractivity contribution in [2.75, 3.05) is 5.32 Å². The number of rotatable bonds is 3. The maximum atomic E-state index is 13.5. The van der Waals surface area contributed by atoms with Crippen LogP contribution in [0.4, 0.5) is 5.69 Å². The topological polar surface area (TPSA) is 72.2 Å². The Kier molecular flexibility index (Phi) is 6.94. The molecule has 0 unspecified atom stereocenters. The van der Waals surface area contributed by atoms with Crippen molar-refractivity contribution in [3.05, 3.63) is 173 Å². The molecule has 0 spiro atoms. The van der Waals surface area contributed by atoms with Gasteiger partial charge in [-0.15, -0.1) is 0 Å². The molecule has 0 saturated carbocycles. The van der Waals surface area contributed by atoms with Crippen LogP contribution in [0.1, 0.15) is 70.7 Å². The summed E-state index contributed by atoms with van der Waals surface area (Å²) < 4.78 is 0. The minimum absolute atomic E-state index is 0.0720. The second kappa shape index (κ2) is 11.4. The summed E-state index contributed by atoms with van der Waals surface area (Å²) in [4.78, 5) is 24.8. The Morgan fingerprint density at radius 1 is 0.481 bits per heavy atom. The van der Waals surface area contributed by atoms with E-state index >= 15 is 0 Å². The van der Waals surface area contributed by atoms with E-state index in [1.807, 2.05) is 24.3 Å². The Morgan fingerprint density at radius 3 is 1.60 bits per heavy atom. The molecule has 0 heterocycles. The van der Waals surface area contributed by atoms with Gasteiger partial charge in [0.15, 0.2) is 0 Å². The molecule has 3 N–H and O–H groups in total. The molecule has 0 aromatic heterocycles. The van der Waals surface area contributed by atoms with Crippen LogP contribution in [0, 0.1) is 0 Å². The molecule has 8 aromatic rings. The molecular formula is C48H38N2O2. The molecule has 0 atom stereocenters. The van der Waals surface area contributed by atoms with Gasteiger partial charge in [-0.3, -0.25) is 9.59 Å². The van der Waals surface area contributed by atoms with Crippen LogP contribution in [0.5, 0.6) is 0 Å². The normalized spacial score (nSPS) is 14.3. The Morgan fingerprint density at radius 2 is 0.981 bits per heavy atom. The van der Waals surface area contributed by atoms with E-state index in [1.54, 1.807) is 6.07 Å². The lowest BCUT2D eigenvalue weighted by Gasteiger charge is -2.22. The van der Waals surface area contributed by atoms with Crippen LogP contribution in [-0.4, -0.2) is 11.8 Å². The molecule has 2 aliphatic rings. The summed E-state index contributed by atoms with van der Waals surface area (Å²) in [7, 11) is 0. The molecule has 252 valence electrons. The largest absolute Gasteiger partial charge is 0.366 e. The zero-order valence-corrected chi connectivity index (χ0v) is 29.7. The predicted molar refractivity (Wildman–Crippen MR) is 215 cm³/mol. The number of amides is 2. The fourth-order valence-electron chi connectivity index (χ4n) is 8.76. The number of carbonyl (C=O) groups is 2. The van der Waals surface area contributed by atoms with Crippen LogP contribution in [0.2, 0.25) is 0 Å². The smallest absolute Gasteiger partial charge is 0.255 e. The Labute approximate surface area is 303 Å². The molecule has 10 rings (SSSR count). The van der Waals surface area contributed by atoms with E-state index in [-0.39, 0.29) is 22.6 Å². The molecule has 0 fully saturated rings. The van der Waals surface area contributed by atoms with Crippen molar-refractivity contribution in [2.45, 2.75) is 38.5 Å². The van der Waals surface area contributed by atoms with Gasteiger partial charge in [0.25, 0.3) is 5.91 Å². The summed E-state index contributed by atoms with van der Waals surface area (Å²) >= 11 is 0. The molecule has 4 nitrogen and oxygen atoms in total. The van der Waals surface area contributed by atoms with Crippen molar-refractivity contribution in [1.82, 2.24) is 0 Å². The van der Waals surface area contributed by atoms with Crippen LogP contribution >= 0.6 is 0 Å². The van der Waals surface area contributed by atoms with Crippen LogP contribution in [0.15, 0.2) is 140 Å². The van der Waals surface area contributed by atoms with Crippen molar-refractivity contribution in [3.63, 3.8) is 0 Å². The van der Waals surface area contributed by atoms with E-state index in [4.69, 9.17) is 5.73 Å². The first-order chi connectivity index (χ1) is 25.0. The molecule has 2 amide bonds. The number of nitrogens with two attached hydrogens (primary N) is 1. The van der Waals surface area contributed by atoms with Crippen LogP contribution < -0.4 is 11.1 Å². The summed E-state index contributed by atoms with van der Waals surface area (Å²) in [5, 5.41) is 10.3. The highest BCUT2D eigenvalue weighted by atomic mass is 16.2. The van der Waals surface area contributed by atoms with Crippen molar-refractivity contribution in [1.29, 1.82) is 0 Å². The van der Waals surface area contributed by atoms with Gasteiger partial charge in [-0.25, -0.2) is 0 Å². The highest BCUT2D eigenvalue weighted by molar-refractivity contribution is 6.27. The lowest BCUT2D eigenvalue weighted by molar-refractivity contribution is 0.0997. The number of carbonyl (C=O) groups excluding carboxylic acids is 2. The van der Waals surface area contributed by atoms with Gasteiger partial charge in [-0.1, -0.05) is 137 Å². The zero-order chi connectivity index (χ0) is 35.9. The highest BCUT2D eigenvalue weighted by Gasteiger charge is 2.36. The van der Waals surface area contributed by atoms with E-state index in [2.05, 4.69) is 142 Å². The molecule has 0 aliphatic heterocycles. The number of nitrogens with one attached hydrogen (secondary N) is 1. The minimum Gasteiger partial charge on any atom is -0.366 e. The Hall–Kier alpha value is -6.26. The van der Waals surface area contributed by atoms with Crippen molar-refractivity contribution >= 4 is 49.8 Å². The number of primary amides is 1.